The van der Waals surface area contributed by atoms with E-state index in [-0.39, 0.29) is 6.79 Å². The molecule has 7 heteroatoms. The molecular formula is C22H15ClN4O2. The van der Waals surface area contributed by atoms with Crippen LogP contribution in [-0.2, 0) is 0 Å². The van der Waals surface area contributed by atoms with Gasteiger partial charge in [0.2, 0.25) is 12.7 Å². The molecule has 1 aromatic heterocycles. The van der Waals surface area contributed by atoms with Crippen molar-refractivity contribution in [2.24, 2.45) is 5.10 Å². The molecule has 6 nitrogen and oxygen atoms in total. The summed E-state index contributed by atoms with van der Waals surface area (Å²) in [6.07, 6.45) is 1.68. The number of ether oxygens (including phenoxy) is 2. The molecule has 1 aliphatic rings. The van der Waals surface area contributed by atoms with Crippen molar-refractivity contribution in [2.75, 3.05) is 12.2 Å². The van der Waals surface area contributed by atoms with Gasteiger partial charge in [-0.1, -0.05) is 41.9 Å². The van der Waals surface area contributed by atoms with Crippen LogP contribution in [-0.4, -0.2) is 23.0 Å². The van der Waals surface area contributed by atoms with E-state index in [4.69, 9.17) is 21.1 Å². The van der Waals surface area contributed by atoms with Gasteiger partial charge < -0.3 is 9.47 Å². The number of benzene rings is 3. The van der Waals surface area contributed by atoms with Crippen LogP contribution in [0, 0.1) is 0 Å². The van der Waals surface area contributed by atoms with E-state index in [0.29, 0.717) is 16.7 Å². The van der Waals surface area contributed by atoms with E-state index in [1.165, 1.54) is 0 Å². The first kappa shape index (κ1) is 17.5. The average Bonchev–Trinajstić information content (AvgIpc) is 3.22. The van der Waals surface area contributed by atoms with Crippen LogP contribution in [0.5, 0.6) is 11.5 Å². The molecule has 4 aromatic rings. The second kappa shape index (κ2) is 7.41. The molecule has 0 fully saturated rings. The maximum atomic E-state index is 6.20. The minimum atomic E-state index is 0.241. The lowest BCUT2D eigenvalue weighted by Gasteiger charge is -2.09. The molecule has 0 aliphatic carbocycles. The summed E-state index contributed by atoms with van der Waals surface area (Å²) in [6.45, 7) is 0.241. The lowest BCUT2D eigenvalue weighted by molar-refractivity contribution is 0.174. The molecule has 2 heterocycles. The second-order valence-corrected chi connectivity index (χ2v) is 6.84. The first-order valence-corrected chi connectivity index (χ1v) is 9.35. The molecule has 1 aliphatic heterocycles. The number of aromatic nitrogens is 2. The highest BCUT2D eigenvalue weighted by molar-refractivity contribution is 6.31. The predicted molar refractivity (Wildman–Crippen MR) is 114 cm³/mol. The number of halogens is 1. The van der Waals surface area contributed by atoms with Crippen LogP contribution in [0.1, 0.15) is 5.56 Å². The third-order valence-electron chi connectivity index (χ3n) is 4.48. The molecular weight excluding hydrogens is 388 g/mol. The van der Waals surface area contributed by atoms with Crippen molar-refractivity contribution in [3.8, 4) is 22.8 Å². The van der Waals surface area contributed by atoms with Crippen molar-refractivity contribution < 1.29 is 9.47 Å². The molecule has 1 N–H and O–H groups in total. The number of nitrogens with zero attached hydrogens (tertiary/aromatic N) is 3. The summed E-state index contributed by atoms with van der Waals surface area (Å²) < 4.78 is 10.7. The van der Waals surface area contributed by atoms with Crippen molar-refractivity contribution in [1.29, 1.82) is 0 Å². The Kier molecular flexibility index (Phi) is 4.46. The molecule has 0 saturated heterocycles. The SMILES string of the molecule is Clc1ccc2nc(N/N=C\c3ccc4c(c3)OCO4)nc(-c3ccccc3)c2c1. The zero-order valence-corrected chi connectivity index (χ0v) is 15.9. The van der Waals surface area contributed by atoms with Gasteiger partial charge in [0.1, 0.15) is 0 Å². The number of hydrazone groups is 1. The minimum absolute atomic E-state index is 0.241. The minimum Gasteiger partial charge on any atom is -0.454 e. The molecule has 142 valence electrons. The molecule has 0 bridgehead atoms. The normalized spacial score (nSPS) is 12.6. The second-order valence-electron chi connectivity index (χ2n) is 6.41. The van der Waals surface area contributed by atoms with Gasteiger partial charge in [-0.3, -0.25) is 0 Å². The Morgan fingerprint density at radius 3 is 2.69 bits per heavy atom. The zero-order chi connectivity index (χ0) is 19.6. The average molecular weight is 403 g/mol. The highest BCUT2D eigenvalue weighted by Crippen LogP contribution is 2.32. The molecule has 29 heavy (non-hydrogen) atoms. The fourth-order valence-electron chi connectivity index (χ4n) is 3.12. The number of anilines is 1. The summed E-state index contributed by atoms with van der Waals surface area (Å²) in [5, 5.41) is 5.80. The zero-order valence-electron chi connectivity index (χ0n) is 15.2. The van der Waals surface area contributed by atoms with Gasteiger partial charge in [0.05, 0.1) is 17.4 Å². The lowest BCUT2D eigenvalue weighted by Crippen LogP contribution is -2.00. The van der Waals surface area contributed by atoms with E-state index in [1.54, 1.807) is 6.21 Å². The van der Waals surface area contributed by atoms with Crippen molar-refractivity contribution in [3.05, 3.63) is 77.3 Å². The molecule has 3 aromatic carbocycles. The molecule has 0 saturated carbocycles. The van der Waals surface area contributed by atoms with Gasteiger partial charge in [-0.2, -0.15) is 5.10 Å². The summed E-state index contributed by atoms with van der Waals surface area (Å²) in [6, 6.07) is 21.1. The number of hydrogen-bond acceptors (Lipinski definition) is 6. The Morgan fingerprint density at radius 2 is 1.79 bits per heavy atom. The van der Waals surface area contributed by atoms with Gasteiger partial charge in [-0.25, -0.2) is 15.4 Å². The Morgan fingerprint density at radius 1 is 0.931 bits per heavy atom. The van der Waals surface area contributed by atoms with Crippen LogP contribution in [0.2, 0.25) is 5.02 Å². The Labute approximate surface area is 171 Å². The summed E-state index contributed by atoms with van der Waals surface area (Å²) in [5.74, 6) is 1.84. The third-order valence-corrected chi connectivity index (χ3v) is 4.71. The monoisotopic (exact) mass is 402 g/mol. The molecule has 0 radical (unpaired) electrons. The fourth-order valence-corrected chi connectivity index (χ4v) is 3.30. The Balaban J connectivity index is 1.48. The quantitative estimate of drug-likeness (QED) is 0.379. The van der Waals surface area contributed by atoms with Gasteiger partial charge >= 0.3 is 0 Å². The summed E-state index contributed by atoms with van der Waals surface area (Å²) in [7, 11) is 0. The van der Waals surface area contributed by atoms with Crippen LogP contribution >= 0.6 is 11.6 Å². The Bertz CT molecular complexity index is 1230. The summed E-state index contributed by atoms with van der Waals surface area (Å²) >= 11 is 6.20. The van der Waals surface area contributed by atoms with Crippen LogP contribution in [0.4, 0.5) is 5.95 Å². The maximum Gasteiger partial charge on any atom is 0.244 e. The third kappa shape index (κ3) is 3.58. The van der Waals surface area contributed by atoms with Gasteiger partial charge in [-0.15, -0.1) is 0 Å². The Hall–Kier alpha value is -3.64. The smallest absolute Gasteiger partial charge is 0.244 e. The van der Waals surface area contributed by atoms with Crippen LogP contribution < -0.4 is 14.9 Å². The number of nitrogens with one attached hydrogen (secondary N) is 1. The van der Waals surface area contributed by atoms with Crippen molar-refractivity contribution >= 4 is 34.7 Å². The van der Waals surface area contributed by atoms with Crippen LogP contribution in [0.3, 0.4) is 0 Å². The summed E-state index contributed by atoms with van der Waals surface area (Å²) in [4.78, 5) is 9.21. The topological polar surface area (TPSA) is 68.6 Å². The summed E-state index contributed by atoms with van der Waals surface area (Å²) in [5.41, 5.74) is 6.34. The first-order valence-electron chi connectivity index (χ1n) is 8.98. The number of fused-ring (bicyclic) bond motifs is 2. The fraction of sp³-hybridized carbons (Fsp3) is 0.0455. The van der Waals surface area contributed by atoms with Crippen molar-refractivity contribution in [3.63, 3.8) is 0 Å². The lowest BCUT2D eigenvalue weighted by atomic mass is 10.1. The first-order chi connectivity index (χ1) is 14.3. The highest BCUT2D eigenvalue weighted by Gasteiger charge is 2.13. The van der Waals surface area contributed by atoms with E-state index in [9.17, 15) is 0 Å². The maximum absolute atomic E-state index is 6.20. The molecule has 0 spiro atoms. The van der Waals surface area contributed by atoms with Crippen LogP contribution in [0.15, 0.2) is 71.8 Å². The highest BCUT2D eigenvalue weighted by atomic mass is 35.5. The van der Waals surface area contributed by atoms with Crippen LogP contribution in [0.25, 0.3) is 22.2 Å². The van der Waals surface area contributed by atoms with Crippen molar-refractivity contribution in [2.45, 2.75) is 0 Å². The van der Waals surface area contributed by atoms with Crippen molar-refractivity contribution in [1.82, 2.24) is 9.97 Å². The predicted octanol–water partition coefficient (Wildman–Crippen LogP) is 5.12. The molecule has 5 rings (SSSR count). The van der Waals surface area contributed by atoms with E-state index in [1.807, 2.05) is 66.7 Å². The number of rotatable bonds is 4. The van der Waals surface area contributed by atoms with Gasteiger partial charge in [0.25, 0.3) is 0 Å². The molecule has 0 atom stereocenters. The molecule has 0 amide bonds. The van der Waals surface area contributed by atoms with Gasteiger partial charge in [-0.05, 0) is 42.0 Å². The van der Waals surface area contributed by atoms with E-state index >= 15 is 0 Å². The van der Waals surface area contributed by atoms with E-state index in [0.717, 1.165) is 33.5 Å². The largest absolute Gasteiger partial charge is 0.454 e. The standard InChI is InChI=1S/C22H15ClN4O2/c23-16-7-8-18-17(11-16)21(15-4-2-1-3-5-15)26-22(25-18)27-24-12-14-6-9-19-20(10-14)29-13-28-19/h1-12H,13H2,(H,25,26,27)/b24-12-. The van der Waals surface area contributed by atoms with Gasteiger partial charge in [0, 0.05) is 16.0 Å². The van der Waals surface area contributed by atoms with E-state index in [2.05, 4.69) is 20.5 Å². The molecule has 0 unspecified atom stereocenters. The van der Waals surface area contributed by atoms with Gasteiger partial charge in [0.15, 0.2) is 11.5 Å². The van der Waals surface area contributed by atoms with E-state index < -0.39 is 0 Å². The number of hydrogen-bond donors (Lipinski definition) is 1.